The van der Waals surface area contributed by atoms with Gasteiger partial charge >= 0.3 is 0 Å². The standard InChI is InChI=1S/C10H13ClO2/c1-10(13,7-12)9(11)8-5-3-2-4-6-8/h2-6,9,12-13H,7H2,1H3. The fraction of sp³-hybridized carbons (Fsp3) is 0.400. The molecule has 0 aliphatic rings. The van der Waals surface area contributed by atoms with Crippen LogP contribution in [0, 0.1) is 0 Å². The molecule has 2 nitrogen and oxygen atoms in total. The summed E-state index contributed by atoms with van der Waals surface area (Å²) in [6, 6.07) is 9.21. The maximum atomic E-state index is 9.66. The van der Waals surface area contributed by atoms with E-state index in [0.717, 1.165) is 5.56 Å². The molecule has 72 valence electrons. The molecule has 1 aromatic carbocycles. The summed E-state index contributed by atoms with van der Waals surface area (Å²) in [6.45, 7) is 1.16. The lowest BCUT2D eigenvalue weighted by atomic mass is 9.97. The number of rotatable bonds is 3. The van der Waals surface area contributed by atoms with E-state index in [1.807, 2.05) is 30.3 Å². The van der Waals surface area contributed by atoms with E-state index in [1.165, 1.54) is 6.92 Å². The van der Waals surface area contributed by atoms with Crippen molar-refractivity contribution in [3.8, 4) is 0 Å². The zero-order valence-electron chi connectivity index (χ0n) is 7.44. The lowest BCUT2D eigenvalue weighted by molar-refractivity contribution is -0.00202. The molecule has 0 amide bonds. The quantitative estimate of drug-likeness (QED) is 0.730. The maximum absolute atomic E-state index is 9.66. The van der Waals surface area contributed by atoms with Gasteiger partial charge < -0.3 is 10.2 Å². The van der Waals surface area contributed by atoms with Crippen LogP contribution < -0.4 is 0 Å². The Morgan fingerprint density at radius 3 is 2.38 bits per heavy atom. The van der Waals surface area contributed by atoms with E-state index in [2.05, 4.69) is 0 Å². The molecule has 1 rings (SSSR count). The largest absolute Gasteiger partial charge is 0.393 e. The zero-order valence-corrected chi connectivity index (χ0v) is 8.20. The molecule has 0 saturated heterocycles. The Morgan fingerprint density at radius 2 is 1.92 bits per heavy atom. The third-order valence-corrected chi connectivity index (χ3v) is 2.68. The fourth-order valence-corrected chi connectivity index (χ4v) is 1.28. The van der Waals surface area contributed by atoms with Gasteiger partial charge in [0.1, 0.15) is 5.60 Å². The minimum absolute atomic E-state index is 0.351. The van der Waals surface area contributed by atoms with E-state index in [0.29, 0.717) is 0 Å². The Kier molecular flexibility index (Phi) is 3.31. The van der Waals surface area contributed by atoms with Crippen molar-refractivity contribution in [3.63, 3.8) is 0 Å². The second-order valence-electron chi connectivity index (χ2n) is 3.29. The molecule has 2 atom stereocenters. The first-order chi connectivity index (χ1) is 6.08. The molecule has 3 heteroatoms. The molecule has 0 heterocycles. The molecule has 0 bridgehead atoms. The summed E-state index contributed by atoms with van der Waals surface area (Å²) in [6.07, 6.45) is 0. The van der Waals surface area contributed by atoms with Crippen LogP contribution >= 0.6 is 11.6 Å². The number of alkyl halides is 1. The monoisotopic (exact) mass is 200 g/mol. The number of hydrogen-bond donors (Lipinski definition) is 2. The van der Waals surface area contributed by atoms with Gasteiger partial charge in [-0.05, 0) is 12.5 Å². The van der Waals surface area contributed by atoms with Crippen molar-refractivity contribution in [2.75, 3.05) is 6.61 Å². The second-order valence-corrected chi connectivity index (χ2v) is 3.72. The third-order valence-electron chi connectivity index (χ3n) is 1.96. The summed E-state index contributed by atoms with van der Waals surface area (Å²) in [5.74, 6) is 0. The Balaban J connectivity index is 2.85. The summed E-state index contributed by atoms with van der Waals surface area (Å²) in [5, 5.41) is 18.0. The van der Waals surface area contributed by atoms with Gasteiger partial charge in [-0.1, -0.05) is 30.3 Å². The fourth-order valence-electron chi connectivity index (χ4n) is 1.06. The van der Waals surface area contributed by atoms with E-state index in [9.17, 15) is 5.11 Å². The van der Waals surface area contributed by atoms with Gasteiger partial charge in [-0.2, -0.15) is 0 Å². The number of halogens is 1. The van der Waals surface area contributed by atoms with Gasteiger partial charge in [0.15, 0.2) is 0 Å². The second kappa shape index (κ2) is 4.09. The van der Waals surface area contributed by atoms with E-state index >= 15 is 0 Å². The molecule has 0 aliphatic heterocycles. The average Bonchev–Trinajstić information content (AvgIpc) is 2.18. The van der Waals surface area contributed by atoms with Crippen LogP contribution in [0.5, 0.6) is 0 Å². The van der Waals surface area contributed by atoms with Crippen LogP contribution in [0.3, 0.4) is 0 Å². The molecule has 2 N–H and O–H groups in total. The minimum atomic E-state index is -1.27. The van der Waals surface area contributed by atoms with Crippen molar-refractivity contribution < 1.29 is 10.2 Å². The van der Waals surface area contributed by atoms with Gasteiger partial charge in [0.05, 0.1) is 12.0 Å². The van der Waals surface area contributed by atoms with Gasteiger partial charge in [-0.25, -0.2) is 0 Å². The molecule has 0 saturated carbocycles. The molecule has 0 spiro atoms. The first-order valence-electron chi connectivity index (χ1n) is 4.10. The Bertz CT molecular complexity index is 259. The highest BCUT2D eigenvalue weighted by atomic mass is 35.5. The van der Waals surface area contributed by atoms with Gasteiger partial charge in [0.25, 0.3) is 0 Å². The normalized spacial score (nSPS) is 17.8. The highest BCUT2D eigenvalue weighted by Crippen LogP contribution is 2.31. The van der Waals surface area contributed by atoms with Crippen molar-refractivity contribution in [2.24, 2.45) is 0 Å². The van der Waals surface area contributed by atoms with E-state index < -0.39 is 11.0 Å². The predicted molar refractivity (Wildman–Crippen MR) is 52.7 cm³/mol. The van der Waals surface area contributed by atoms with Crippen molar-refractivity contribution >= 4 is 11.6 Å². The molecule has 0 radical (unpaired) electrons. The summed E-state index contributed by atoms with van der Waals surface area (Å²) in [5.41, 5.74) is -0.466. The lowest BCUT2D eigenvalue weighted by Crippen LogP contribution is -2.33. The Morgan fingerprint density at radius 1 is 1.38 bits per heavy atom. The topological polar surface area (TPSA) is 40.5 Å². The molecule has 0 aromatic heterocycles. The lowest BCUT2D eigenvalue weighted by Gasteiger charge is -2.26. The maximum Gasteiger partial charge on any atom is 0.105 e. The third kappa shape index (κ3) is 2.44. The van der Waals surface area contributed by atoms with Crippen LogP contribution in [-0.4, -0.2) is 22.4 Å². The number of benzene rings is 1. The molecule has 2 unspecified atom stereocenters. The molecule has 0 aliphatic carbocycles. The number of aliphatic hydroxyl groups excluding tert-OH is 1. The van der Waals surface area contributed by atoms with E-state index in [4.69, 9.17) is 16.7 Å². The summed E-state index contributed by atoms with van der Waals surface area (Å²) >= 11 is 5.99. The summed E-state index contributed by atoms with van der Waals surface area (Å²) in [7, 11) is 0. The molecular formula is C10H13ClO2. The summed E-state index contributed by atoms with van der Waals surface area (Å²) in [4.78, 5) is 0. The SMILES string of the molecule is CC(O)(CO)C(Cl)c1ccccc1. The van der Waals surface area contributed by atoms with Gasteiger partial charge in [0.2, 0.25) is 0 Å². The van der Waals surface area contributed by atoms with Crippen LogP contribution in [0.1, 0.15) is 17.9 Å². The highest BCUT2D eigenvalue weighted by molar-refractivity contribution is 6.21. The van der Waals surface area contributed by atoms with Crippen molar-refractivity contribution in [2.45, 2.75) is 17.9 Å². The molecular weight excluding hydrogens is 188 g/mol. The van der Waals surface area contributed by atoms with Gasteiger partial charge in [0, 0.05) is 0 Å². The average molecular weight is 201 g/mol. The van der Waals surface area contributed by atoms with Crippen LogP contribution in [0.25, 0.3) is 0 Å². The van der Waals surface area contributed by atoms with Crippen molar-refractivity contribution in [1.29, 1.82) is 0 Å². The molecule has 13 heavy (non-hydrogen) atoms. The molecule has 1 aromatic rings. The minimum Gasteiger partial charge on any atom is -0.393 e. The van der Waals surface area contributed by atoms with Crippen molar-refractivity contribution in [1.82, 2.24) is 0 Å². The first kappa shape index (κ1) is 10.5. The van der Waals surface area contributed by atoms with E-state index in [1.54, 1.807) is 0 Å². The zero-order chi connectivity index (χ0) is 9.90. The highest BCUT2D eigenvalue weighted by Gasteiger charge is 2.30. The van der Waals surface area contributed by atoms with Gasteiger partial charge in [-0.15, -0.1) is 11.6 Å². The van der Waals surface area contributed by atoms with Crippen LogP contribution in [0.4, 0.5) is 0 Å². The number of hydrogen-bond acceptors (Lipinski definition) is 2. The summed E-state index contributed by atoms with van der Waals surface area (Å²) < 4.78 is 0. The first-order valence-corrected chi connectivity index (χ1v) is 4.54. The molecule has 0 fully saturated rings. The Hall–Kier alpha value is -0.570. The van der Waals surface area contributed by atoms with Crippen molar-refractivity contribution in [3.05, 3.63) is 35.9 Å². The van der Waals surface area contributed by atoms with Crippen LogP contribution in [0.15, 0.2) is 30.3 Å². The van der Waals surface area contributed by atoms with Crippen LogP contribution in [-0.2, 0) is 0 Å². The smallest absolute Gasteiger partial charge is 0.105 e. The van der Waals surface area contributed by atoms with Gasteiger partial charge in [-0.3, -0.25) is 0 Å². The van der Waals surface area contributed by atoms with Crippen LogP contribution in [0.2, 0.25) is 0 Å². The Labute approximate surface area is 82.8 Å². The van der Waals surface area contributed by atoms with E-state index in [-0.39, 0.29) is 6.61 Å². The predicted octanol–water partition coefficient (Wildman–Crippen LogP) is 1.71. The number of aliphatic hydroxyl groups is 2.